The van der Waals surface area contributed by atoms with Crippen molar-refractivity contribution in [3.05, 3.63) is 65.0 Å². The SMILES string of the molecule is COCc1ccc2c(-c3ccc4c5c(ccnc35)CCO4)c([C@H](OC(C)(C)C)C(C)=O)c(C)cc2n1. The minimum atomic E-state index is -0.731. The van der Waals surface area contributed by atoms with Crippen molar-refractivity contribution in [2.24, 2.45) is 0 Å². The van der Waals surface area contributed by atoms with E-state index in [9.17, 15) is 4.79 Å². The highest BCUT2D eigenvalue weighted by atomic mass is 16.5. The molecule has 0 saturated heterocycles. The molecule has 6 nitrogen and oxygen atoms in total. The monoisotopic (exact) mass is 484 g/mol. The summed E-state index contributed by atoms with van der Waals surface area (Å²) >= 11 is 0. The van der Waals surface area contributed by atoms with E-state index in [1.165, 1.54) is 5.56 Å². The number of carbonyl (C=O) groups is 1. The minimum Gasteiger partial charge on any atom is -0.493 e. The van der Waals surface area contributed by atoms with E-state index in [2.05, 4.69) is 18.2 Å². The average molecular weight is 485 g/mol. The zero-order valence-corrected chi connectivity index (χ0v) is 21.8. The molecule has 2 aromatic carbocycles. The molecule has 1 aliphatic heterocycles. The number of aryl methyl sites for hydroxylation is 1. The number of ether oxygens (including phenoxy) is 3. The van der Waals surface area contributed by atoms with Crippen molar-refractivity contribution >= 4 is 27.6 Å². The maximum atomic E-state index is 13.1. The molecule has 0 amide bonds. The van der Waals surface area contributed by atoms with E-state index in [0.29, 0.717) is 13.2 Å². The van der Waals surface area contributed by atoms with Gasteiger partial charge in [-0.2, -0.15) is 0 Å². The molecule has 0 spiro atoms. The highest BCUT2D eigenvalue weighted by molar-refractivity contribution is 6.08. The number of fused-ring (bicyclic) bond motifs is 1. The van der Waals surface area contributed by atoms with Gasteiger partial charge >= 0.3 is 0 Å². The Bertz CT molecular complexity index is 1480. The van der Waals surface area contributed by atoms with Crippen LogP contribution in [0, 0.1) is 6.92 Å². The Hall–Kier alpha value is -3.35. The van der Waals surface area contributed by atoms with Gasteiger partial charge in [0.1, 0.15) is 11.9 Å². The van der Waals surface area contributed by atoms with E-state index in [0.717, 1.165) is 61.9 Å². The van der Waals surface area contributed by atoms with Gasteiger partial charge < -0.3 is 14.2 Å². The number of hydrogen-bond acceptors (Lipinski definition) is 6. The van der Waals surface area contributed by atoms with Crippen LogP contribution in [-0.2, 0) is 27.3 Å². The molecule has 186 valence electrons. The molecule has 3 heterocycles. The summed E-state index contributed by atoms with van der Waals surface area (Å²) in [5.41, 5.74) is 6.92. The number of aromatic nitrogens is 2. The number of benzene rings is 2. The first kappa shape index (κ1) is 24.3. The maximum absolute atomic E-state index is 13.1. The van der Waals surface area contributed by atoms with E-state index < -0.39 is 11.7 Å². The van der Waals surface area contributed by atoms with Crippen LogP contribution >= 0.6 is 0 Å². The molecule has 36 heavy (non-hydrogen) atoms. The van der Waals surface area contributed by atoms with Gasteiger partial charge in [-0.15, -0.1) is 0 Å². The van der Waals surface area contributed by atoms with Crippen LogP contribution in [0.15, 0.2) is 42.6 Å². The Morgan fingerprint density at radius 3 is 2.69 bits per heavy atom. The molecule has 1 atom stereocenters. The molecule has 0 aliphatic carbocycles. The molecule has 0 bridgehead atoms. The lowest BCUT2D eigenvalue weighted by molar-refractivity contribution is -0.138. The Labute approximate surface area is 211 Å². The van der Waals surface area contributed by atoms with Crippen molar-refractivity contribution in [2.75, 3.05) is 13.7 Å². The molecule has 0 N–H and O–H groups in total. The lowest BCUT2D eigenvalue weighted by Gasteiger charge is -2.30. The van der Waals surface area contributed by atoms with Crippen molar-refractivity contribution in [1.82, 2.24) is 9.97 Å². The van der Waals surface area contributed by atoms with Crippen LogP contribution in [0.25, 0.3) is 32.9 Å². The van der Waals surface area contributed by atoms with E-state index in [1.807, 2.05) is 52.1 Å². The molecule has 0 saturated carbocycles. The molecule has 0 unspecified atom stereocenters. The average Bonchev–Trinajstić information content (AvgIpc) is 2.82. The van der Waals surface area contributed by atoms with Crippen LogP contribution in [0.5, 0.6) is 5.75 Å². The van der Waals surface area contributed by atoms with E-state index >= 15 is 0 Å². The summed E-state index contributed by atoms with van der Waals surface area (Å²) in [6.07, 6.45) is 1.96. The Morgan fingerprint density at radius 1 is 1.17 bits per heavy atom. The van der Waals surface area contributed by atoms with E-state index in [4.69, 9.17) is 24.2 Å². The van der Waals surface area contributed by atoms with Crippen LogP contribution in [0.2, 0.25) is 0 Å². The molecule has 1 aliphatic rings. The number of Topliss-reactive ketones (excluding diaryl/α,β-unsaturated/α-hetero) is 1. The number of rotatable bonds is 6. The predicted octanol–water partition coefficient (Wildman–Crippen LogP) is 6.28. The molecule has 2 aromatic heterocycles. The molecule has 5 rings (SSSR count). The van der Waals surface area contributed by atoms with Crippen LogP contribution < -0.4 is 4.74 Å². The van der Waals surface area contributed by atoms with Gasteiger partial charge in [-0.3, -0.25) is 14.8 Å². The smallest absolute Gasteiger partial charge is 0.163 e. The van der Waals surface area contributed by atoms with Crippen molar-refractivity contribution in [1.29, 1.82) is 0 Å². The largest absolute Gasteiger partial charge is 0.493 e. The molecular weight excluding hydrogens is 452 g/mol. The zero-order valence-electron chi connectivity index (χ0n) is 21.8. The summed E-state index contributed by atoms with van der Waals surface area (Å²) < 4.78 is 17.7. The van der Waals surface area contributed by atoms with Gasteiger partial charge in [0, 0.05) is 36.1 Å². The summed E-state index contributed by atoms with van der Waals surface area (Å²) in [6.45, 7) is 10.6. The number of nitrogens with zero attached hydrogens (tertiary/aromatic N) is 2. The maximum Gasteiger partial charge on any atom is 0.163 e. The second-order valence-electron chi connectivity index (χ2n) is 10.4. The number of methoxy groups -OCH3 is 1. The summed E-state index contributed by atoms with van der Waals surface area (Å²) in [4.78, 5) is 22.8. The van der Waals surface area contributed by atoms with Gasteiger partial charge in [-0.25, -0.2) is 0 Å². The molecule has 4 aromatic rings. The summed E-state index contributed by atoms with van der Waals surface area (Å²) in [5.74, 6) is 0.799. The summed E-state index contributed by atoms with van der Waals surface area (Å²) in [6, 6.07) is 12.2. The first-order valence-electron chi connectivity index (χ1n) is 12.3. The van der Waals surface area contributed by atoms with Gasteiger partial charge in [-0.1, -0.05) is 6.07 Å². The van der Waals surface area contributed by atoms with Gasteiger partial charge in [0.25, 0.3) is 0 Å². The standard InChI is InChI=1S/C30H32N2O4/c1-17-15-23-21(8-7-20(32-23)16-34-6)27(25(17)29(18(2)33)36-30(3,4)5)22-9-10-24-26-19(12-14-35-24)11-13-31-28(22)26/h7-11,13,15,29H,12,14,16H2,1-6H3/t29-/m1/s1. The minimum absolute atomic E-state index is 0.0448. The number of carbonyl (C=O) groups excluding carboxylic acids is 1. The van der Waals surface area contributed by atoms with Gasteiger partial charge in [0.05, 0.1) is 35.5 Å². The highest BCUT2D eigenvalue weighted by Crippen LogP contribution is 2.45. The van der Waals surface area contributed by atoms with E-state index in [-0.39, 0.29) is 5.78 Å². The third kappa shape index (κ3) is 4.36. The fourth-order valence-electron chi connectivity index (χ4n) is 5.12. The number of hydrogen-bond donors (Lipinski definition) is 0. The quantitative estimate of drug-likeness (QED) is 0.321. The number of pyridine rings is 2. The topological polar surface area (TPSA) is 70.5 Å². The van der Waals surface area contributed by atoms with Gasteiger partial charge in [0.2, 0.25) is 0 Å². The zero-order chi connectivity index (χ0) is 25.6. The molecule has 0 fully saturated rings. The van der Waals surface area contributed by atoms with Crippen LogP contribution in [-0.4, -0.2) is 35.1 Å². The summed E-state index contributed by atoms with van der Waals surface area (Å²) in [7, 11) is 1.66. The Kier molecular flexibility index (Phi) is 6.27. The number of ketones is 1. The van der Waals surface area contributed by atoms with Crippen LogP contribution in [0.4, 0.5) is 0 Å². The lowest BCUT2D eigenvalue weighted by atomic mass is 9.85. The predicted molar refractivity (Wildman–Crippen MR) is 141 cm³/mol. The fourth-order valence-corrected chi connectivity index (χ4v) is 5.12. The summed E-state index contributed by atoms with van der Waals surface area (Å²) in [5, 5.41) is 1.97. The molecule has 0 radical (unpaired) electrons. The fraction of sp³-hybridized carbons (Fsp3) is 0.367. The second kappa shape index (κ2) is 9.26. The third-order valence-corrected chi connectivity index (χ3v) is 6.53. The van der Waals surface area contributed by atoms with Crippen molar-refractivity contribution in [3.63, 3.8) is 0 Å². The van der Waals surface area contributed by atoms with Gasteiger partial charge in [0.15, 0.2) is 5.78 Å². The lowest BCUT2D eigenvalue weighted by Crippen LogP contribution is -2.27. The van der Waals surface area contributed by atoms with Crippen molar-refractivity contribution in [3.8, 4) is 16.9 Å². The second-order valence-corrected chi connectivity index (χ2v) is 10.4. The van der Waals surface area contributed by atoms with Crippen LogP contribution in [0.3, 0.4) is 0 Å². The molecule has 6 heteroatoms. The third-order valence-electron chi connectivity index (χ3n) is 6.53. The first-order valence-corrected chi connectivity index (χ1v) is 12.3. The first-order chi connectivity index (χ1) is 17.2. The normalized spacial score (nSPS) is 14.2. The highest BCUT2D eigenvalue weighted by Gasteiger charge is 2.31. The van der Waals surface area contributed by atoms with Gasteiger partial charge in [-0.05, 0) is 87.2 Å². The Balaban J connectivity index is 1.89. The Morgan fingerprint density at radius 2 is 1.97 bits per heavy atom. The molecular formula is C30H32N2O4. The van der Waals surface area contributed by atoms with Crippen molar-refractivity contribution in [2.45, 2.75) is 59.4 Å². The van der Waals surface area contributed by atoms with Crippen molar-refractivity contribution < 1.29 is 19.0 Å². The van der Waals surface area contributed by atoms with E-state index in [1.54, 1.807) is 14.0 Å². The van der Waals surface area contributed by atoms with Crippen LogP contribution in [0.1, 0.15) is 56.2 Å².